The number of rotatable bonds is 2. The van der Waals surface area contributed by atoms with Crippen LogP contribution in [0.2, 0.25) is 0 Å². The molecule has 13 heavy (non-hydrogen) atoms. The Bertz CT molecular complexity index is 292. The molecule has 0 aromatic heterocycles. The minimum Gasteiger partial charge on any atom is -0.476 e. The summed E-state index contributed by atoms with van der Waals surface area (Å²) in [5, 5.41) is 16.3. The number of azo groups is 1. The molecule has 1 saturated carbocycles. The molecule has 0 bridgehead atoms. The third-order valence-electron chi connectivity index (χ3n) is 2.64. The minimum absolute atomic E-state index is 0.106. The topological polar surface area (TPSA) is 62.0 Å². The maximum atomic E-state index is 10.6. The number of carboxylic acid groups (broad SMARTS) is 1. The van der Waals surface area contributed by atoms with Crippen molar-refractivity contribution in [1.29, 1.82) is 0 Å². The van der Waals surface area contributed by atoms with E-state index in [4.69, 9.17) is 5.11 Å². The van der Waals surface area contributed by atoms with Crippen LogP contribution in [0.25, 0.3) is 0 Å². The minimum atomic E-state index is -0.971. The Morgan fingerprint density at radius 1 is 1.62 bits per heavy atom. The van der Waals surface area contributed by atoms with Crippen LogP contribution in [-0.4, -0.2) is 17.1 Å². The first-order chi connectivity index (χ1) is 6.18. The fourth-order valence-electron chi connectivity index (χ4n) is 1.71. The molecule has 0 aromatic carbocycles. The van der Waals surface area contributed by atoms with Crippen LogP contribution in [0.15, 0.2) is 22.0 Å². The lowest BCUT2D eigenvalue weighted by Gasteiger charge is -2.19. The van der Waals surface area contributed by atoms with Gasteiger partial charge in [0.15, 0.2) is 5.70 Å². The average molecular weight is 180 g/mol. The summed E-state index contributed by atoms with van der Waals surface area (Å²) in [6.07, 6.45) is 4.17. The van der Waals surface area contributed by atoms with Crippen molar-refractivity contribution in [3.63, 3.8) is 0 Å². The summed E-state index contributed by atoms with van der Waals surface area (Å²) in [6, 6.07) is 0.149. The van der Waals surface area contributed by atoms with Crippen LogP contribution in [0, 0.1) is 11.8 Å². The average Bonchev–Trinajstić information content (AvgIpc) is 2.87. The van der Waals surface area contributed by atoms with Crippen molar-refractivity contribution in [1.82, 2.24) is 0 Å². The Labute approximate surface area is 76.4 Å². The molecule has 2 aliphatic rings. The van der Waals surface area contributed by atoms with Crippen LogP contribution in [0.3, 0.4) is 0 Å². The normalized spacial score (nSPS) is 32.8. The van der Waals surface area contributed by atoms with Gasteiger partial charge in [0.1, 0.15) is 0 Å². The lowest BCUT2D eigenvalue weighted by molar-refractivity contribution is -0.132. The van der Waals surface area contributed by atoms with Gasteiger partial charge in [-0.05, 0) is 31.8 Å². The second kappa shape index (κ2) is 2.94. The molecule has 2 rings (SSSR count). The second-order valence-electron chi connectivity index (χ2n) is 3.73. The van der Waals surface area contributed by atoms with Crippen LogP contribution in [0.4, 0.5) is 0 Å². The van der Waals surface area contributed by atoms with Crippen molar-refractivity contribution < 1.29 is 9.90 Å². The largest absolute Gasteiger partial charge is 0.476 e. The molecule has 4 nitrogen and oxygen atoms in total. The van der Waals surface area contributed by atoms with Gasteiger partial charge in [-0.15, -0.1) is 5.11 Å². The molecular weight excluding hydrogens is 168 g/mol. The molecule has 1 heterocycles. The standard InChI is InChI=1S/C9H12N2O2/c1-5-7(6-2-3-6)4-8(9(12)13)11-10-5/h4-7H,2-3H2,1H3,(H,12,13). The van der Waals surface area contributed by atoms with Gasteiger partial charge in [-0.25, -0.2) is 4.79 Å². The summed E-state index contributed by atoms with van der Waals surface area (Å²) in [7, 11) is 0. The lowest BCUT2D eigenvalue weighted by atomic mass is 9.94. The number of aliphatic carboxylic acids is 1. The summed E-state index contributed by atoms with van der Waals surface area (Å²) in [5.74, 6) is -0.0338. The van der Waals surface area contributed by atoms with Gasteiger partial charge < -0.3 is 5.11 Å². The summed E-state index contributed by atoms with van der Waals surface area (Å²) in [5.41, 5.74) is 0.106. The SMILES string of the molecule is CC1N=NC(C(=O)O)=CC1C1CC1. The van der Waals surface area contributed by atoms with E-state index in [9.17, 15) is 4.79 Å². The monoisotopic (exact) mass is 180 g/mol. The number of nitrogens with zero attached hydrogens (tertiary/aromatic N) is 2. The molecule has 0 radical (unpaired) electrons. The highest BCUT2D eigenvalue weighted by Gasteiger charge is 2.36. The van der Waals surface area contributed by atoms with E-state index in [1.165, 1.54) is 12.8 Å². The van der Waals surface area contributed by atoms with E-state index in [-0.39, 0.29) is 11.7 Å². The van der Waals surface area contributed by atoms with E-state index in [1.807, 2.05) is 6.92 Å². The van der Waals surface area contributed by atoms with Crippen LogP contribution < -0.4 is 0 Å². The molecule has 1 fully saturated rings. The van der Waals surface area contributed by atoms with E-state index in [0.717, 1.165) is 0 Å². The van der Waals surface area contributed by atoms with Gasteiger partial charge in [-0.2, -0.15) is 5.11 Å². The third-order valence-corrected chi connectivity index (χ3v) is 2.64. The lowest BCUT2D eigenvalue weighted by Crippen LogP contribution is -2.19. The third kappa shape index (κ3) is 1.61. The van der Waals surface area contributed by atoms with Gasteiger partial charge >= 0.3 is 5.97 Å². The maximum absolute atomic E-state index is 10.6. The van der Waals surface area contributed by atoms with E-state index in [2.05, 4.69) is 10.2 Å². The van der Waals surface area contributed by atoms with Crippen LogP contribution >= 0.6 is 0 Å². The number of hydrogen-bond donors (Lipinski definition) is 1. The van der Waals surface area contributed by atoms with Crippen LogP contribution in [-0.2, 0) is 4.79 Å². The van der Waals surface area contributed by atoms with Gasteiger partial charge in [0.2, 0.25) is 0 Å². The maximum Gasteiger partial charge on any atom is 0.356 e. The highest BCUT2D eigenvalue weighted by atomic mass is 16.4. The van der Waals surface area contributed by atoms with Crippen molar-refractivity contribution >= 4 is 5.97 Å². The molecule has 0 amide bonds. The van der Waals surface area contributed by atoms with Crippen LogP contribution in [0.5, 0.6) is 0 Å². The first-order valence-corrected chi connectivity index (χ1v) is 4.54. The molecule has 2 atom stereocenters. The van der Waals surface area contributed by atoms with Crippen molar-refractivity contribution in [2.24, 2.45) is 22.1 Å². The van der Waals surface area contributed by atoms with Crippen molar-refractivity contribution in [3.8, 4) is 0 Å². The van der Waals surface area contributed by atoms with Crippen molar-refractivity contribution in [2.45, 2.75) is 25.8 Å². The summed E-state index contributed by atoms with van der Waals surface area (Å²) in [6.45, 7) is 1.99. The summed E-state index contributed by atoms with van der Waals surface area (Å²) < 4.78 is 0. The smallest absolute Gasteiger partial charge is 0.356 e. The number of carbonyl (C=O) groups is 1. The molecule has 2 unspecified atom stereocenters. The Balaban J connectivity index is 2.17. The fraction of sp³-hybridized carbons (Fsp3) is 0.667. The molecule has 70 valence electrons. The zero-order valence-corrected chi connectivity index (χ0v) is 7.47. The van der Waals surface area contributed by atoms with Crippen molar-refractivity contribution in [2.75, 3.05) is 0 Å². The van der Waals surface area contributed by atoms with Gasteiger partial charge in [-0.1, -0.05) is 0 Å². The molecule has 1 N–H and O–H groups in total. The number of hydrogen-bond acceptors (Lipinski definition) is 3. The predicted molar refractivity (Wildman–Crippen MR) is 46.3 cm³/mol. The van der Waals surface area contributed by atoms with E-state index >= 15 is 0 Å². The Morgan fingerprint density at radius 3 is 2.85 bits per heavy atom. The molecule has 1 aliphatic carbocycles. The fourth-order valence-corrected chi connectivity index (χ4v) is 1.71. The Morgan fingerprint density at radius 2 is 2.31 bits per heavy atom. The van der Waals surface area contributed by atoms with Crippen molar-refractivity contribution in [3.05, 3.63) is 11.8 Å². The molecular formula is C9H12N2O2. The first-order valence-electron chi connectivity index (χ1n) is 4.54. The zero-order valence-electron chi connectivity index (χ0n) is 7.47. The first kappa shape index (κ1) is 8.41. The Hall–Kier alpha value is -1.19. The second-order valence-corrected chi connectivity index (χ2v) is 3.73. The predicted octanol–water partition coefficient (Wildman–Crippen LogP) is 1.84. The molecule has 0 aromatic rings. The summed E-state index contributed by atoms with van der Waals surface area (Å²) in [4.78, 5) is 10.6. The quantitative estimate of drug-likeness (QED) is 0.704. The van der Waals surface area contributed by atoms with Gasteiger partial charge in [0.25, 0.3) is 0 Å². The van der Waals surface area contributed by atoms with Gasteiger partial charge in [0, 0.05) is 5.92 Å². The van der Waals surface area contributed by atoms with Gasteiger partial charge in [-0.3, -0.25) is 0 Å². The van der Waals surface area contributed by atoms with Gasteiger partial charge in [0.05, 0.1) is 6.04 Å². The Kier molecular flexibility index (Phi) is 1.90. The van der Waals surface area contributed by atoms with Crippen LogP contribution in [0.1, 0.15) is 19.8 Å². The highest BCUT2D eigenvalue weighted by molar-refractivity contribution is 5.86. The highest BCUT2D eigenvalue weighted by Crippen LogP contribution is 2.41. The summed E-state index contributed by atoms with van der Waals surface area (Å²) >= 11 is 0. The molecule has 1 aliphatic heterocycles. The number of carboxylic acids is 1. The zero-order chi connectivity index (χ0) is 9.42. The van der Waals surface area contributed by atoms with E-state index < -0.39 is 5.97 Å². The molecule has 0 spiro atoms. The molecule has 4 heteroatoms. The molecule has 0 saturated heterocycles. The van der Waals surface area contributed by atoms with E-state index in [0.29, 0.717) is 11.8 Å². The van der Waals surface area contributed by atoms with E-state index in [1.54, 1.807) is 6.08 Å².